The molecular weight excluding hydrogens is 134 g/mol. The summed E-state index contributed by atoms with van der Waals surface area (Å²) < 4.78 is 1.74. The summed E-state index contributed by atoms with van der Waals surface area (Å²) in [6.07, 6.45) is 0.933. The number of hydrogen-bond acceptors (Lipinski definition) is 3. The lowest BCUT2D eigenvalue weighted by Crippen LogP contribution is -1.96. The molecule has 0 N–H and O–H groups in total. The molecule has 0 saturated carbocycles. The third-order valence-corrected chi connectivity index (χ3v) is 1.60. The summed E-state index contributed by atoms with van der Waals surface area (Å²) >= 11 is 4.10. The normalized spacial score (nSPS) is 10.1. The molecule has 50 valence electrons. The van der Waals surface area contributed by atoms with Crippen LogP contribution in [-0.4, -0.2) is 15.0 Å². The van der Waals surface area contributed by atoms with Crippen LogP contribution in [0.15, 0.2) is 5.03 Å². The van der Waals surface area contributed by atoms with Gasteiger partial charge in [0, 0.05) is 7.05 Å². The van der Waals surface area contributed by atoms with E-state index >= 15 is 0 Å². The first-order valence-corrected chi connectivity index (χ1v) is 3.28. The summed E-state index contributed by atoms with van der Waals surface area (Å²) in [6, 6.07) is 0. The standard InChI is InChI=1S/C5H9N3S/c1-3-4-5(9)6-7-8(4)2/h9H,3H2,1-2H3. The zero-order valence-corrected chi connectivity index (χ0v) is 6.39. The zero-order chi connectivity index (χ0) is 6.85. The molecule has 0 amide bonds. The fraction of sp³-hybridized carbons (Fsp3) is 0.600. The lowest BCUT2D eigenvalue weighted by Gasteiger charge is -1.93. The average molecular weight is 143 g/mol. The maximum Gasteiger partial charge on any atom is 0.139 e. The van der Waals surface area contributed by atoms with Gasteiger partial charge in [0.05, 0.1) is 5.69 Å². The molecule has 9 heavy (non-hydrogen) atoms. The van der Waals surface area contributed by atoms with E-state index in [1.165, 1.54) is 0 Å². The van der Waals surface area contributed by atoms with E-state index in [-0.39, 0.29) is 0 Å². The monoisotopic (exact) mass is 143 g/mol. The number of thiol groups is 1. The number of rotatable bonds is 1. The Balaban J connectivity index is 3.07. The number of aromatic nitrogens is 3. The zero-order valence-electron chi connectivity index (χ0n) is 5.50. The van der Waals surface area contributed by atoms with E-state index in [2.05, 4.69) is 29.9 Å². The van der Waals surface area contributed by atoms with Crippen LogP contribution in [0.2, 0.25) is 0 Å². The van der Waals surface area contributed by atoms with Gasteiger partial charge in [-0.25, -0.2) is 0 Å². The molecule has 0 aromatic carbocycles. The molecule has 0 atom stereocenters. The van der Waals surface area contributed by atoms with Crippen molar-refractivity contribution in [3.8, 4) is 0 Å². The van der Waals surface area contributed by atoms with Gasteiger partial charge >= 0.3 is 0 Å². The van der Waals surface area contributed by atoms with Crippen molar-refractivity contribution in [3.05, 3.63) is 5.69 Å². The first-order chi connectivity index (χ1) is 4.25. The highest BCUT2D eigenvalue weighted by Gasteiger charge is 2.01. The third kappa shape index (κ3) is 1.08. The van der Waals surface area contributed by atoms with Gasteiger partial charge in [0.1, 0.15) is 5.03 Å². The van der Waals surface area contributed by atoms with Gasteiger partial charge in [-0.05, 0) is 6.42 Å². The Morgan fingerprint density at radius 3 is 2.56 bits per heavy atom. The van der Waals surface area contributed by atoms with E-state index in [4.69, 9.17) is 0 Å². The van der Waals surface area contributed by atoms with Gasteiger partial charge in [-0.15, -0.1) is 17.7 Å². The lowest BCUT2D eigenvalue weighted by atomic mass is 10.4. The van der Waals surface area contributed by atoms with Crippen LogP contribution in [0.4, 0.5) is 0 Å². The van der Waals surface area contributed by atoms with E-state index in [0.717, 1.165) is 17.1 Å². The van der Waals surface area contributed by atoms with Gasteiger partial charge < -0.3 is 0 Å². The molecule has 0 aliphatic heterocycles. The summed E-state index contributed by atoms with van der Waals surface area (Å²) in [5.74, 6) is 0. The fourth-order valence-corrected chi connectivity index (χ4v) is 1.10. The lowest BCUT2D eigenvalue weighted by molar-refractivity contribution is 0.682. The summed E-state index contributed by atoms with van der Waals surface area (Å²) in [6.45, 7) is 2.05. The summed E-state index contributed by atoms with van der Waals surface area (Å²) in [5, 5.41) is 8.28. The van der Waals surface area contributed by atoms with Crippen molar-refractivity contribution < 1.29 is 0 Å². The molecule has 0 saturated heterocycles. The summed E-state index contributed by atoms with van der Waals surface area (Å²) in [7, 11) is 1.87. The molecule has 1 aromatic rings. The minimum absolute atomic E-state index is 0.736. The van der Waals surface area contributed by atoms with Gasteiger partial charge in [0.15, 0.2) is 0 Å². The quantitative estimate of drug-likeness (QED) is 0.586. The van der Waals surface area contributed by atoms with Crippen molar-refractivity contribution in [2.75, 3.05) is 0 Å². The second kappa shape index (κ2) is 2.39. The highest BCUT2D eigenvalue weighted by atomic mass is 32.1. The Hall–Kier alpha value is -0.510. The molecule has 3 nitrogen and oxygen atoms in total. The van der Waals surface area contributed by atoms with Crippen molar-refractivity contribution in [2.45, 2.75) is 18.4 Å². The molecule has 0 spiro atoms. The van der Waals surface area contributed by atoms with Crippen LogP contribution in [0.3, 0.4) is 0 Å². The smallest absolute Gasteiger partial charge is 0.139 e. The molecule has 1 rings (SSSR count). The predicted octanol–water partition coefficient (Wildman–Crippen LogP) is 0.666. The molecule has 0 bridgehead atoms. The van der Waals surface area contributed by atoms with Crippen LogP contribution in [0.1, 0.15) is 12.6 Å². The van der Waals surface area contributed by atoms with E-state index in [9.17, 15) is 0 Å². The Labute approximate surface area is 59.5 Å². The SMILES string of the molecule is CCc1c(S)nnn1C. The van der Waals surface area contributed by atoms with Crippen molar-refractivity contribution in [1.82, 2.24) is 15.0 Å². The molecule has 0 unspecified atom stereocenters. The fourth-order valence-electron chi connectivity index (χ4n) is 0.753. The maximum absolute atomic E-state index is 4.10. The summed E-state index contributed by atoms with van der Waals surface area (Å²) in [5.41, 5.74) is 1.08. The molecule has 0 radical (unpaired) electrons. The average Bonchev–Trinajstić information content (AvgIpc) is 2.12. The van der Waals surface area contributed by atoms with Crippen LogP contribution in [0.5, 0.6) is 0 Å². The second-order valence-corrected chi connectivity index (χ2v) is 2.26. The highest BCUT2D eigenvalue weighted by molar-refractivity contribution is 7.80. The molecule has 0 aliphatic rings. The van der Waals surface area contributed by atoms with Gasteiger partial charge in [-0.1, -0.05) is 12.1 Å². The Kier molecular flexibility index (Phi) is 1.75. The molecular formula is C5H9N3S. The van der Waals surface area contributed by atoms with Crippen molar-refractivity contribution >= 4 is 12.6 Å². The van der Waals surface area contributed by atoms with Crippen LogP contribution in [-0.2, 0) is 13.5 Å². The minimum atomic E-state index is 0.736. The van der Waals surface area contributed by atoms with Crippen molar-refractivity contribution in [3.63, 3.8) is 0 Å². The topological polar surface area (TPSA) is 30.7 Å². The van der Waals surface area contributed by atoms with E-state index < -0.39 is 0 Å². The van der Waals surface area contributed by atoms with Gasteiger partial charge in [0.2, 0.25) is 0 Å². The Bertz CT molecular complexity index is 186. The molecule has 1 heterocycles. The van der Waals surface area contributed by atoms with E-state index in [0.29, 0.717) is 0 Å². The maximum atomic E-state index is 4.10. The second-order valence-electron chi connectivity index (χ2n) is 1.84. The van der Waals surface area contributed by atoms with Crippen molar-refractivity contribution in [1.29, 1.82) is 0 Å². The highest BCUT2D eigenvalue weighted by Crippen LogP contribution is 2.07. The Morgan fingerprint density at radius 2 is 2.33 bits per heavy atom. The molecule has 4 heteroatoms. The van der Waals surface area contributed by atoms with Crippen LogP contribution in [0.25, 0.3) is 0 Å². The Morgan fingerprint density at radius 1 is 1.67 bits per heavy atom. The number of nitrogens with zero attached hydrogens (tertiary/aromatic N) is 3. The largest absolute Gasteiger partial charge is 0.251 e. The van der Waals surface area contributed by atoms with Gasteiger partial charge in [-0.2, -0.15) is 0 Å². The minimum Gasteiger partial charge on any atom is -0.251 e. The summed E-state index contributed by atoms with van der Waals surface area (Å²) in [4.78, 5) is 0. The predicted molar refractivity (Wildman–Crippen MR) is 37.6 cm³/mol. The van der Waals surface area contributed by atoms with Gasteiger partial charge in [0.25, 0.3) is 0 Å². The molecule has 0 fully saturated rings. The molecule has 1 aromatic heterocycles. The van der Waals surface area contributed by atoms with Crippen LogP contribution >= 0.6 is 12.6 Å². The van der Waals surface area contributed by atoms with E-state index in [1.807, 2.05) is 7.05 Å². The van der Waals surface area contributed by atoms with Crippen molar-refractivity contribution in [2.24, 2.45) is 7.05 Å². The third-order valence-electron chi connectivity index (χ3n) is 1.26. The van der Waals surface area contributed by atoms with E-state index in [1.54, 1.807) is 4.68 Å². The number of aryl methyl sites for hydroxylation is 1. The first kappa shape index (κ1) is 6.61. The van der Waals surface area contributed by atoms with Crippen LogP contribution < -0.4 is 0 Å². The molecule has 0 aliphatic carbocycles. The number of hydrogen-bond donors (Lipinski definition) is 1. The first-order valence-electron chi connectivity index (χ1n) is 2.83. The van der Waals surface area contributed by atoms with Gasteiger partial charge in [-0.3, -0.25) is 4.68 Å². The van der Waals surface area contributed by atoms with Crippen LogP contribution in [0, 0.1) is 0 Å².